The van der Waals surface area contributed by atoms with Crippen molar-refractivity contribution in [3.63, 3.8) is 0 Å². The highest BCUT2D eigenvalue weighted by atomic mass is 32.1. The number of ketones is 1. The normalized spacial score (nSPS) is 10.1. The van der Waals surface area contributed by atoms with Crippen LogP contribution in [-0.4, -0.2) is 34.4 Å². The van der Waals surface area contributed by atoms with Crippen LogP contribution in [-0.2, 0) is 9.22 Å². The fraction of sp³-hybridized carbons (Fsp3) is 0.778. The predicted molar refractivity (Wildman–Crippen MR) is 65.6 cm³/mol. The molecule has 0 saturated carbocycles. The first kappa shape index (κ1) is 13.7. The molecule has 5 heteroatoms. The first-order chi connectivity index (χ1) is 6.66. The summed E-state index contributed by atoms with van der Waals surface area (Å²) >= 11 is 5.06. The molecule has 0 rings (SSSR count). The van der Waals surface area contributed by atoms with Gasteiger partial charge in [0.25, 0.3) is 0 Å². The molecule has 0 aromatic rings. The zero-order valence-electron chi connectivity index (χ0n) is 8.97. The maximum atomic E-state index is 10.7. The molecular weight excluding hydrogens is 214 g/mol. The lowest BCUT2D eigenvalue weighted by atomic mass is 10.2. The van der Waals surface area contributed by atoms with E-state index in [2.05, 4.69) is 5.32 Å². The highest BCUT2D eigenvalue weighted by Crippen LogP contribution is 1.93. The van der Waals surface area contributed by atoms with Crippen molar-refractivity contribution in [1.82, 2.24) is 5.32 Å². The third-order valence-corrected chi connectivity index (χ3v) is 2.56. The molecule has 0 atom stereocenters. The molecule has 0 aliphatic rings. The fourth-order valence-electron chi connectivity index (χ4n) is 0.977. The summed E-state index contributed by atoms with van der Waals surface area (Å²) < 4.78 is 5.06. The molecule has 1 N–H and O–H groups in total. The molecular formula is C9H19NO2SSi. The highest BCUT2D eigenvalue weighted by molar-refractivity contribution is 7.80. The van der Waals surface area contributed by atoms with Crippen LogP contribution >= 0.6 is 12.2 Å². The Labute approximate surface area is 94.1 Å². The molecule has 0 bridgehead atoms. The summed E-state index contributed by atoms with van der Waals surface area (Å²) in [6, 6.07) is 0. The van der Waals surface area contributed by atoms with Gasteiger partial charge < -0.3 is 14.5 Å². The average Bonchev–Trinajstić information content (AvgIpc) is 2.14. The van der Waals surface area contributed by atoms with Gasteiger partial charge in [0.15, 0.2) is 0 Å². The van der Waals surface area contributed by atoms with E-state index in [-0.39, 0.29) is 5.78 Å². The van der Waals surface area contributed by atoms with Crippen LogP contribution in [0.25, 0.3) is 0 Å². The van der Waals surface area contributed by atoms with Crippen LogP contribution in [0.4, 0.5) is 0 Å². The predicted octanol–water partition coefficient (Wildman–Crippen LogP) is 0.350. The lowest BCUT2D eigenvalue weighted by molar-refractivity contribution is -0.116. The van der Waals surface area contributed by atoms with Crippen LogP contribution in [0.5, 0.6) is 0 Å². The number of nitrogens with one attached hydrogen (secondary N) is 1. The van der Waals surface area contributed by atoms with Gasteiger partial charge >= 0.3 is 0 Å². The van der Waals surface area contributed by atoms with Crippen LogP contribution in [0.3, 0.4) is 0 Å². The van der Waals surface area contributed by atoms with Crippen molar-refractivity contribution in [2.24, 2.45) is 0 Å². The molecule has 0 unspecified atom stereocenters. The fourth-order valence-corrected chi connectivity index (χ4v) is 1.47. The molecule has 0 saturated heterocycles. The van der Waals surface area contributed by atoms with E-state index in [0.717, 1.165) is 41.5 Å². The SMILES string of the molecule is CC(=O)CCC(=S)NCCCCO[SiH3]. The molecule has 0 amide bonds. The Bertz CT molecular complexity index is 188. The molecule has 0 spiro atoms. The van der Waals surface area contributed by atoms with Crippen molar-refractivity contribution in [3.05, 3.63) is 0 Å². The zero-order chi connectivity index (χ0) is 10.8. The number of unbranched alkanes of at least 4 members (excludes halogenated alkanes) is 1. The van der Waals surface area contributed by atoms with Crippen LogP contribution in [0.1, 0.15) is 32.6 Å². The molecule has 82 valence electrons. The van der Waals surface area contributed by atoms with Gasteiger partial charge in [0.05, 0.1) is 4.99 Å². The number of carbonyl (C=O) groups excluding carboxylic acids is 1. The maximum Gasteiger partial charge on any atom is 0.145 e. The van der Waals surface area contributed by atoms with Gasteiger partial charge in [-0.15, -0.1) is 0 Å². The number of hydrogen-bond donors (Lipinski definition) is 1. The van der Waals surface area contributed by atoms with Crippen molar-refractivity contribution < 1.29 is 9.22 Å². The van der Waals surface area contributed by atoms with E-state index in [4.69, 9.17) is 16.6 Å². The summed E-state index contributed by atoms with van der Waals surface area (Å²) in [6.07, 6.45) is 3.38. The number of Topliss-reactive ketones (excluding diaryl/α,β-unsaturated/α-hetero) is 1. The van der Waals surface area contributed by atoms with E-state index in [0.29, 0.717) is 12.8 Å². The van der Waals surface area contributed by atoms with Gasteiger partial charge in [-0.1, -0.05) is 12.2 Å². The van der Waals surface area contributed by atoms with Gasteiger partial charge in [0.2, 0.25) is 0 Å². The second kappa shape index (κ2) is 9.30. The van der Waals surface area contributed by atoms with Gasteiger partial charge in [-0.2, -0.15) is 0 Å². The van der Waals surface area contributed by atoms with E-state index in [1.54, 1.807) is 6.92 Å². The Morgan fingerprint density at radius 3 is 2.71 bits per heavy atom. The Balaban J connectivity index is 3.22. The van der Waals surface area contributed by atoms with Crippen molar-refractivity contribution in [2.45, 2.75) is 32.6 Å². The molecule has 0 aliphatic carbocycles. The minimum Gasteiger partial charge on any atom is -0.428 e. The second-order valence-electron chi connectivity index (χ2n) is 3.25. The monoisotopic (exact) mass is 233 g/mol. The minimum absolute atomic E-state index is 0.193. The summed E-state index contributed by atoms with van der Waals surface area (Å²) in [7, 11) is 0.819. The van der Waals surface area contributed by atoms with Gasteiger partial charge in [-0.3, -0.25) is 0 Å². The Kier molecular flexibility index (Phi) is 9.12. The van der Waals surface area contributed by atoms with Crippen LogP contribution in [0, 0.1) is 0 Å². The van der Waals surface area contributed by atoms with E-state index in [1.165, 1.54) is 0 Å². The van der Waals surface area contributed by atoms with Gasteiger partial charge in [0, 0.05) is 26.0 Å². The van der Waals surface area contributed by atoms with Gasteiger partial charge in [0.1, 0.15) is 16.3 Å². The third-order valence-electron chi connectivity index (χ3n) is 1.80. The van der Waals surface area contributed by atoms with Crippen LogP contribution in [0.15, 0.2) is 0 Å². The lowest BCUT2D eigenvalue weighted by Gasteiger charge is -2.06. The number of hydrogen-bond acceptors (Lipinski definition) is 3. The topological polar surface area (TPSA) is 38.3 Å². The van der Waals surface area contributed by atoms with Crippen molar-refractivity contribution in [3.8, 4) is 0 Å². The van der Waals surface area contributed by atoms with Crippen LogP contribution < -0.4 is 5.32 Å². The zero-order valence-corrected chi connectivity index (χ0v) is 11.8. The summed E-state index contributed by atoms with van der Waals surface area (Å²) in [5, 5.41) is 3.13. The smallest absolute Gasteiger partial charge is 0.145 e. The quantitative estimate of drug-likeness (QED) is 0.373. The number of thiocarbonyl (C=S) groups is 1. The molecule has 0 radical (unpaired) electrons. The molecule has 14 heavy (non-hydrogen) atoms. The lowest BCUT2D eigenvalue weighted by Crippen LogP contribution is -2.23. The first-order valence-corrected chi connectivity index (χ1v) is 6.14. The molecule has 3 nitrogen and oxygen atoms in total. The Morgan fingerprint density at radius 2 is 2.14 bits per heavy atom. The molecule has 0 aromatic heterocycles. The first-order valence-electron chi connectivity index (χ1n) is 4.92. The summed E-state index contributed by atoms with van der Waals surface area (Å²) in [5.41, 5.74) is 0. The van der Waals surface area contributed by atoms with E-state index >= 15 is 0 Å². The third kappa shape index (κ3) is 9.82. The van der Waals surface area contributed by atoms with Gasteiger partial charge in [-0.05, 0) is 19.8 Å². The van der Waals surface area contributed by atoms with Crippen LogP contribution in [0.2, 0.25) is 0 Å². The molecule has 0 aliphatic heterocycles. The summed E-state index contributed by atoms with van der Waals surface area (Å²) in [5.74, 6) is 0.193. The second-order valence-corrected chi connectivity index (χ2v) is 4.32. The maximum absolute atomic E-state index is 10.7. The van der Waals surface area contributed by atoms with Crippen molar-refractivity contribution in [2.75, 3.05) is 13.2 Å². The summed E-state index contributed by atoms with van der Waals surface area (Å²) in [4.78, 5) is 11.5. The Morgan fingerprint density at radius 1 is 1.43 bits per heavy atom. The largest absolute Gasteiger partial charge is 0.428 e. The van der Waals surface area contributed by atoms with Crippen molar-refractivity contribution in [1.29, 1.82) is 0 Å². The number of carbonyl (C=O) groups is 1. The minimum atomic E-state index is 0.193. The molecule has 0 fully saturated rings. The summed E-state index contributed by atoms with van der Waals surface area (Å²) in [6.45, 7) is 3.33. The average molecular weight is 233 g/mol. The number of rotatable bonds is 8. The molecule has 0 heterocycles. The highest BCUT2D eigenvalue weighted by Gasteiger charge is 1.98. The van der Waals surface area contributed by atoms with E-state index in [1.807, 2.05) is 0 Å². The van der Waals surface area contributed by atoms with Crippen molar-refractivity contribution >= 4 is 33.5 Å². The van der Waals surface area contributed by atoms with Gasteiger partial charge in [-0.25, -0.2) is 0 Å². The van der Waals surface area contributed by atoms with E-state index < -0.39 is 0 Å². The van der Waals surface area contributed by atoms with E-state index in [9.17, 15) is 4.79 Å². The molecule has 0 aromatic carbocycles. The Hall–Kier alpha value is -0.263. The standard InChI is InChI=1S/C9H19NO2SSi/c1-8(11)4-5-9(13)10-6-2-3-7-12-14/h2-7H2,1,14H3,(H,10,13).